The van der Waals surface area contributed by atoms with Gasteiger partial charge in [-0.15, -0.1) is 0 Å². The first kappa shape index (κ1) is 18.4. The van der Waals surface area contributed by atoms with Gasteiger partial charge in [-0.2, -0.15) is 5.10 Å². The Balaban J connectivity index is 2.26. The molecular formula is C21H21N3O3. The summed E-state index contributed by atoms with van der Waals surface area (Å²) in [5.41, 5.74) is 2.59. The average molecular weight is 363 g/mol. The number of aromatic nitrogens is 2. The van der Waals surface area contributed by atoms with Crippen LogP contribution in [0.3, 0.4) is 0 Å². The minimum Gasteiger partial charge on any atom is -0.503 e. The van der Waals surface area contributed by atoms with E-state index < -0.39 is 17.1 Å². The SMILES string of the molecule is CNC(=O)c1nn(-c2ccccc2-c2ccccc2C(C)C)cc(O)c1=O. The van der Waals surface area contributed by atoms with Crippen LogP contribution < -0.4 is 10.7 Å². The van der Waals surface area contributed by atoms with E-state index in [0.29, 0.717) is 11.6 Å². The van der Waals surface area contributed by atoms with Crippen molar-refractivity contribution in [2.75, 3.05) is 7.05 Å². The van der Waals surface area contributed by atoms with Crippen molar-refractivity contribution in [3.8, 4) is 22.6 Å². The number of hydrogen-bond donors (Lipinski definition) is 2. The van der Waals surface area contributed by atoms with Crippen LogP contribution in [0, 0.1) is 0 Å². The van der Waals surface area contributed by atoms with E-state index in [-0.39, 0.29) is 5.69 Å². The summed E-state index contributed by atoms with van der Waals surface area (Å²) in [5, 5.41) is 16.6. The van der Waals surface area contributed by atoms with Gasteiger partial charge < -0.3 is 10.4 Å². The zero-order valence-electron chi connectivity index (χ0n) is 15.4. The Morgan fingerprint density at radius 1 is 1.07 bits per heavy atom. The maximum absolute atomic E-state index is 12.1. The molecule has 27 heavy (non-hydrogen) atoms. The zero-order valence-corrected chi connectivity index (χ0v) is 15.4. The highest BCUT2D eigenvalue weighted by Gasteiger charge is 2.18. The molecule has 0 aliphatic heterocycles. The first-order valence-electron chi connectivity index (χ1n) is 8.67. The minimum atomic E-state index is -0.800. The van der Waals surface area contributed by atoms with Gasteiger partial charge in [-0.1, -0.05) is 56.3 Å². The Morgan fingerprint density at radius 2 is 1.70 bits per heavy atom. The predicted octanol–water partition coefficient (Wildman–Crippen LogP) is 3.09. The van der Waals surface area contributed by atoms with Crippen LogP contribution in [0.2, 0.25) is 0 Å². The Hall–Kier alpha value is -3.41. The summed E-state index contributed by atoms with van der Waals surface area (Å²) >= 11 is 0. The summed E-state index contributed by atoms with van der Waals surface area (Å²) < 4.78 is 1.37. The van der Waals surface area contributed by atoms with Crippen molar-refractivity contribution in [3.05, 3.63) is 76.2 Å². The van der Waals surface area contributed by atoms with E-state index in [0.717, 1.165) is 11.1 Å². The van der Waals surface area contributed by atoms with Crippen LogP contribution in [-0.4, -0.2) is 27.8 Å². The molecule has 6 nitrogen and oxygen atoms in total. The molecule has 0 bridgehead atoms. The number of nitrogens with zero attached hydrogens (tertiary/aromatic N) is 2. The number of amides is 1. The Labute approximate surface area is 157 Å². The summed E-state index contributed by atoms with van der Waals surface area (Å²) in [7, 11) is 1.41. The van der Waals surface area contributed by atoms with Crippen LogP contribution in [-0.2, 0) is 0 Å². The lowest BCUT2D eigenvalue weighted by Crippen LogP contribution is -2.29. The van der Waals surface area contributed by atoms with E-state index in [9.17, 15) is 14.7 Å². The third-order valence-corrected chi connectivity index (χ3v) is 4.37. The van der Waals surface area contributed by atoms with Crippen LogP contribution in [0.1, 0.15) is 35.8 Å². The monoisotopic (exact) mass is 363 g/mol. The van der Waals surface area contributed by atoms with Gasteiger partial charge in [0.05, 0.1) is 11.9 Å². The van der Waals surface area contributed by atoms with Gasteiger partial charge in [0.15, 0.2) is 11.4 Å². The van der Waals surface area contributed by atoms with Crippen molar-refractivity contribution < 1.29 is 9.90 Å². The normalized spacial score (nSPS) is 10.8. The first-order chi connectivity index (χ1) is 12.9. The van der Waals surface area contributed by atoms with Crippen LogP contribution in [0.25, 0.3) is 16.8 Å². The van der Waals surface area contributed by atoms with E-state index in [4.69, 9.17) is 0 Å². The van der Waals surface area contributed by atoms with E-state index >= 15 is 0 Å². The number of carbonyl (C=O) groups excluding carboxylic acids is 1. The molecule has 1 heterocycles. The van der Waals surface area contributed by atoms with Gasteiger partial charge in [0.2, 0.25) is 0 Å². The van der Waals surface area contributed by atoms with Crippen LogP contribution in [0.4, 0.5) is 0 Å². The van der Waals surface area contributed by atoms with Gasteiger partial charge in [0.1, 0.15) is 0 Å². The Kier molecular flexibility index (Phi) is 5.07. The fraction of sp³-hybridized carbons (Fsp3) is 0.190. The van der Waals surface area contributed by atoms with Gasteiger partial charge >= 0.3 is 0 Å². The van der Waals surface area contributed by atoms with Gasteiger partial charge in [0.25, 0.3) is 11.3 Å². The van der Waals surface area contributed by atoms with Crippen LogP contribution in [0.15, 0.2) is 59.5 Å². The lowest BCUT2D eigenvalue weighted by Gasteiger charge is -2.17. The van der Waals surface area contributed by atoms with Crippen molar-refractivity contribution in [1.29, 1.82) is 0 Å². The second kappa shape index (κ2) is 7.45. The topological polar surface area (TPSA) is 84.2 Å². The molecular weight excluding hydrogens is 342 g/mol. The molecule has 2 aromatic carbocycles. The van der Waals surface area contributed by atoms with Crippen LogP contribution >= 0.6 is 0 Å². The second-order valence-corrected chi connectivity index (χ2v) is 6.47. The molecule has 2 N–H and O–H groups in total. The molecule has 0 radical (unpaired) electrons. The average Bonchev–Trinajstić information content (AvgIpc) is 2.69. The summed E-state index contributed by atoms with van der Waals surface area (Å²) in [5.74, 6) is -0.869. The molecule has 0 fully saturated rings. The molecule has 0 aliphatic rings. The predicted molar refractivity (Wildman–Crippen MR) is 104 cm³/mol. The highest BCUT2D eigenvalue weighted by molar-refractivity contribution is 5.92. The molecule has 3 rings (SSSR count). The van der Waals surface area contributed by atoms with E-state index in [1.54, 1.807) is 0 Å². The summed E-state index contributed by atoms with van der Waals surface area (Å²) in [6.07, 6.45) is 1.23. The molecule has 138 valence electrons. The second-order valence-electron chi connectivity index (χ2n) is 6.47. The van der Waals surface area contributed by atoms with Crippen molar-refractivity contribution in [1.82, 2.24) is 15.1 Å². The number of benzene rings is 2. The summed E-state index contributed by atoms with van der Waals surface area (Å²) in [6.45, 7) is 4.24. The van der Waals surface area contributed by atoms with E-state index in [1.807, 2.05) is 42.5 Å². The largest absolute Gasteiger partial charge is 0.503 e. The van der Waals surface area contributed by atoms with Crippen molar-refractivity contribution >= 4 is 5.91 Å². The number of para-hydroxylation sites is 1. The highest BCUT2D eigenvalue weighted by atomic mass is 16.3. The highest BCUT2D eigenvalue weighted by Crippen LogP contribution is 2.33. The van der Waals surface area contributed by atoms with E-state index in [1.165, 1.54) is 23.5 Å². The Morgan fingerprint density at radius 3 is 2.37 bits per heavy atom. The van der Waals surface area contributed by atoms with Gasteiger partial charge in [-0.25, -0.2) is 4.68 Å². The molecule has 0 saturated carbocycles. The smallest absolute Gasteiger partial charge is 0.275 e. The molecule has 0 saturated heterocycles. The van der Waals surface area contributed by atoms with Gasteiger partial charge in [0, 0.05) is 12.6 Å². The molecule has 1 amide bonds. The molecule has 0 spiro atoms. The maximum Gasteiger partial charge on any atom is 0.275 e. The fourth-order valence-electron chi connectivity index (χ4n) is 3.02. The van der Waals surface area contributed by atoms with Gasteiger partial charge in [-0.05, 0) is 23.1 Å². The lowest BCUT2D eigenvalue weighted by atomic mass is 9.92. The fourth-order valence-corrected chi connectivity index (χ4v) is 3.02. The number of rotatable bonds is 4. The number of hydrogen-bond acceptors (Lipinski definition) is 4. The molecule has 0 unspecified atom stereocenters. The maximum atomic E-state index is 12.1. The molecule has 0 aliphatic carbocycles. The van der Waals surface area contributed by atoms with Crippen LogP contribution in [0.5, 0.6) is 5.75 Å². The number of nitrogens with one attached hydrogen (secondary N) is 1. The van der Waals surface area contributed by atoms with Crippen molar-refractivity contribution in [3.63, 3.8) is 0 Å². The standard InChI is InChI=1S/C21H21N3O3/c1-13(2)14-8-4-5-9-15(14)16-10-6-7-11-17(16)24-12-18(25)20(26)19(23-24)21(27)22-3/h4-13,25H,1-3H3,(H,22,27). The molecule has 0 atom stereocenters. The van der Waals surface area contributed by atoms with Crippen molar-refractivity contribution in [2.24, 2.45) is 0 Å². The summed E-state index contributed by atoms with van der Waals surface area (Å²) in [6, 6.07) is 15.6. The third-order valence-electron chi connectivity index (χ3n) is 4.37. The number of aromatic hydroxyl groups is 1. The van der Waals surface area contributed by atoms with E-state index in [2.05, 4.69) is 30.3 Å². The molecule has 6 heteroatoms. The van der Waals surface area contributed by atoms with Gasteiger partial charge in [-0.3, -0.25) is 9.59 Å². The molecule has 1 aromatic heterocycles. The quantitative estimate of drug-likeness (QED) is 0.746. The molecule has 3 aromatic rings. The Bertz CT molecular complexity index is 1050. The zero-order chi connectivity index (χ0) is 19.6. The lowest BCUT2D eigenvalue weighted by molar-refractivity contribution is 0.0954. The number of carbonyl (C=O) groups is 1. The third kappa shape index (κ3) is 3.46. The minimum absolute atomic E-state index is 0.311. The first-order valence-corrected chi connectivity index (χ1v) is 8.67. The van der Waals surface area contributed by atoms with Crippen molar-refractivity contribution in [2.45, 2.75) is 19.8 Å². The summed E-state index contributed by atoms with van der Waals surface area (Å²) in [4.78, 5) is 24.0.